The van der Waals surface area contributed by atoms with Gasteiger partial charge in [0.15, 0.2) is 0 Å². The Morgan fingerprint density at radius 3 is 1.52 bits per heavy atom. The average Bonchev–Trinajstić information content (AvgIpc) is 3.23. The van der Waals surface area contributed by atoms with E-state index in [1.807, 2.05) is 21.7 Å². The van der Waals surface area contributed by atoms with Gasteiger partial charge in [-0.15, -0.1) is 0 Å². The highest BCUT2D eigenvalue weighted by Crippen LogP contribution is 2.44. The molecule has 0 radical (unpaired) electrons. The third kappa shape index (κ3) is 6.89. The summed E-state index contributed by atoms with van der Waals surface area (Å²) < 4.78 is 0. The lowest BCUT2D eigenvalue weighted by Crippen LogP contribution is -2.45. The lowest BCUT2D eigenvalue weighted by Gasteiger charge is -2.32. The Morgan fingerprint density at radius 2 is 1.05 bits per heavy atom. The van der Waals surface area contributed by atoms with Crippen LogP contribution in [0.25, 0.3) is 21.5 Å². The predicted molar refractivity (Wildman–Crippen MR) is 219 cm³/mol. The first-order chi connectivity index (χ1) is 28.1. The van der Waals surface area contributed by atoms with E-state index in [0.717, 1.165) is 43.4 Å². The van der Waals surface area contributed by atoms with Gasteiger partial charge in [-0.25, -0.2) is 0 Å². The summed E-state index contributed by atoms with van der Waals surface area (Å²) in [6, 6.07) is 13.0. The molecule has 16 heteroatoms. The number of carbonyl (C=O) groups is 4. The van der Waals surface area contributed by atoms with Gasteiger partial charge in [-0.05, 0) is 77.2 Å². The summed E-state index contributed by atoms with van der Waals surface area (Å²) in [6.45, 7) is 4.73. The summed E-state index contributed by atoms with van der Waals surface area (Å²) in [7, 11) is 1.88. The maximum Gasteiger partial charge on any atom is 0.293 e. The zero-order valence-electron chi connectivity index (χ0n) is 32.5. The van der Waals surface area contributed by atoms with Crippen LogP contribution in [0, 0.1) is 20.2 Å². The van der Waals surface area contributed by atoms with Gasteiger partial charge in [0.1, 0.15) is 11.4 Å². The van der Waals surface area contributed by atoms with Gasteiger partial charge in [0, 0.05) is 97.2 Å². The number of benzene rings is 4. The molecule has 0 saturated carbocycles. The van der Waals surface area contributed by atoms with Crippen molar-refractivity contribution in [3.8, 4) is 0 Å². The minimum atomic E-state index is -0.554. The van der Waals surface area contributed by atoms with E-state index in [2.05, 4.69) is 5.32 Å². The summed E-state index contributed by atoms with van der Waals surface area (Å²) in [5, 5.41) is 29.9. The van der Waals surface area contributed by atoms with E-state index in [-0.39, 0.29) is 35.6 Å². The maximum absolute atomic E-state index is 13.8. The second kappa shape index (κ2) is 16.1. The first-order valence-corrected chi connectivity index (χ1v) is 20.2. The molecule has 8 rings (SSSR count). The molecule has 58 heavy (non-hydrogen) atoms. The predicted octanol–water partition coefficient (Wildman–Crippen LogP) is 5.59. The molecule has 16 nitrogen and oxygen atoms in total. The van der Waals surface area contributed by atoms with E-state index in [1.54, 1.807) is 36.4 Å². The van der Waals surface area contributed by atoms with Gasteiger partial charge in [0.25, 0.3) is 35.0 Å². The molecule has 302 valence electrons. The lowest BCUT2D eigenvalue weighted by molar-refractivity contribution is -0.384. The minimum Gasteiger partial charge on any atom is -0.365 e. The number of nitrogens with zero attached hydrogens (tertiary/aromatic N) is 7. The van der Waals surface area contributed by atoms with Crippen molar-refractivity contribution in [2.75, 3.05) is 82.3 Å². The van der Waals surface area contributed by atoms with E-state index in [1.165, 1.54) is 17.0 Å². The molecular weight excluding hydrogens is 745 g/mol. The molecular formula is C42H46N8O8. The highest BCUT2D eigenvalue weighted by molar-refractivity contribution is 6.29. The molecule has 4 heterocycles. The van der Waals surface area contributed by atoms with Crippen molar-refractivity contribution in [3.63, 3.8) is 0 Å². The quantitative estimate of drug-likeness (QED) is 0.0724. The van der Waals surface area contributed by atoms with Gasteiger partial charge in [-0.2, -0.15) is 0 Å². The number of likely N-dealkylation sites (N-methyl/N-ethyl adjacent to an activating group) is 1. The zero-order valence-corrected chi connectivity index (χ0v) is 32.5. The molecule has 0 bridgehead atoms. The molecule has 0 atom stereocenters. The van der Waals surface area contributed by atoms with Gasteiger partial charge < -0.3 is 20.0 Å². The van der Waals surface area contributed by atoms with Crippen LogP contribution in [0.1, 0.15) is 86.4 Å². The van der Waals surface area contributed by atoms with Crippen molar-refractivity contribution in [1.82, 2.24) is 20.0 Å². The molecule has 0 aliphatic carbocycles. The fourth-order valence-corrected chi connectivity index (χ4v) is 9.13. The topological polar surface area (TPSA) is 183 Å². The highest BCUT2D eigenvalue weighted by Gasteiger charge is 2.39. The monoisotopic (exact) mass is 790 g/mol. The van der Waals surface area contributed by atoms with E-state index in [0.29, 0.717) is 103 Å². The molecule has 4 aromatic rings. The van der Waals surface area contributed by atoms with E-state index in [9.17, 15) is 39.4 Å². The van der Waals surface area contributed by atoms with E-state index >= 15 is 0 Å². The average molecular weight is 791 g/mol. The van der Waals surface area contributed by atoms with Gasteiger partial charge in [-0.1, -0.05) is 24.3 Å². The van der Waals surface area contributed by atoms with Crippen LogP contribution in [0.15, 0.2) is 48.5 Å². The first kappa shape index (κ1) is 38.9. The molecule has 0 aromatic heterocycles. The van der Waals surface area contributed by atoms with Crippen molar-refractivity contribution < 1.29 is 29.0 Å². The molecule has 4 aliphatic rings. The number of piperidine rings is 2. The molecule has 4 aliphatic heterocycles. The van der Waals surface area contributed by atoms with Crippen molar-refractivity contribution in [3.05, 3.63) is 91.0 Å². The third-order valence-electron chi connectivity index (χ3n) is 12.0. The van der Waals surface area contributed by atoms with Crippen molar-refractivity contribution >= 4 is 67.9 Å². The standard InChI is InChI=1S/C42H46N8O8/c1-44(23-24-48-40(52)30-14-9-12-28-36(30)32(42(48)54)26-34(50(57)58)38(28)46-20-6-3-7-21-46)17-10-15-43-16-22-47-39(51)29-13-8-11-27-35(29)31(41(47)53)25-33(49(55)56)37(27)45-18-4-2-5-19-45/h8-9,11-14,25-26,43H,2-7,10,15-24H2,1H3. The summed E-state index contributed by atoms with van der Waals surface area (Å²) in [6.07, 6.45) is 6.45. The van der Waals surface area contributed by atoms with Crippen LogP contribution in [0.5, 0.6) is 0 Å². The molecule has 2 saturated heterocycles. The van der Waals surface area contributed by atoms with Crippen LogP contribution in [-0.4, -0.2) is 121 Å². The van der Waals surface area contributed by atoms with Gasteiger partial charge >= 0.3 is 0 Å². The van der Waals surface area contributed by atoms with Crippen LogP contribution < -0.4 is 15.1 Å². The van der Waals surface area contributed by atoms with Crippen molar-refractivity contribution in [2.45, 2.75) is 44.9 Å². The number of carbonyl (C=O) groups excluding carboxylic acids is 4. The SMILES string of the molecule is CN(CCCNCCN1C(=O)c2cccc3c(N4CCCCC4)c([N+](=O)[O-])cc(c23)C1=O)CCN1C(=O)c2cccc3c(N4CCCCC4)c([N+](=O)[O-])cc(c23)C1=O. The van der Waals surface area contributed by atoms with Gasteiger partial charge in [-0.3, -0.25) is 49.2 Å². The number of hydrogen-bond donors (Lipinski definition) is 1. The lowest BCUT2D eigenvalue weighted by atomic mass is 9.91. The molecule has 2 fully saturated rings. The smallest absolute Gasteiger partial charge is 0.293 e. The van der Waals surface area contributed by atoms with E-state index < -0.39 is 33.5 Å². The number of nitro groups is 2. The fourth-order valence-electron chi connectivity index (χ4n) is 9.13. The first-order valence-electron chi connectivity index (χ1n) is 20.2. The van der Waals surface area contributed by atoms with Crippen LogP contribution in [0.2, 0.25) is 0 Å². The van der Waals surface area contributed by atoms with Crippen LogP contribution in [0.4, 0.5) is 22.7 Å². The Balaban J connectivity index is 0.867. The van der Waals surface area contributed by atoms with Crippen molar-refractivity contribution in [1.29, 1.82) is 0 Å². The number of imide groups is 2. The Bertz CT molecular complexity index is 2370. The highest BCUT2D eigenvalue weighted by atomic mass is 16.6. The third-order valence-corrected chi connectivity index (χ3v) is 12.0. The minimum absolute atomic E-state index is 0.0795. The maximum atomic E-state index is 13.8. The molecule has 0 unspecified atom stereocenters. The Labute approximate surface area is 334 Å². The summed E-state index contributed by atoms with van der Waals surface area (Å²) in [5.41, 5.74) is 1.71. The van der Waals surface area contributed by atoms with Crippen LogP contribution >= 0.6 is 0 Å². The number of anilines is 2. The normalized spacial score (nSPS) is 17.0. The van der Waals surface area contributed by atoms with Gasteiger partial charge in [0.05, 0.1) is 21.0 Å². The molecule has 4 aromatic carbocycles. The summed E-state index contributed by atoms with van der Waals surface area (Å²) in [4.78, 5) is 87.0. The molecule has 0 spiro atoms. The number of nitrogens with one attached hydrogen (secondary N) is 1. The van der Waals surface area contributed by atoms with Gasteiger partial charge in [0.2, 0.25) is 0 Å². The second-order valence-corrected chi connectivity index (χ2v) is 15.6. The zero-order chi connectivity index (χ0) is 40.7. The fraction of sp³-hybridized carbons (Fsp3) is 0.429. The largest absolute Gasteiger partial charge is 0.365 e. The number of hydrogen-bond acceptors (Lipinski definition) is 12. The second-order valence-electron chi connectivity index (χ2n) is 15.6. The summed E-state index contributed by atoms with van der Waals surface area (Å²) >= 11 is 0. The van der Waals surface area contributed by atoms with Crippen LogP contribution in [-0.2, 0) is 0 Å². The molecule has 1 N–H and O–H groups in total. The number of rotatable bonds is 14. The van der Waals surface area contributed by atoms with Crippen molar-refractivity contribution in [2.24, 2.45) is 0 Å². The van der Waals surface area contributed by atoms with E-state index in [4.69, 9.17) is 0 Å². The Kier molecular flexibility index (Phi) is 10.8. The Hall–Kier alpha value is -6.00. The Morgan fingerprint density at radius 1 is 0.603 bits per heavy atom. The summed E-state index contributed by atoms with van der Waals surface area (Å²) in [5.74, 6) is -1.95. The number of nitro benzene ring substituents is 2. The number of amides is 4. The molecule has 4 amide bonds. The van der Waals surface area contributed by atoms with Crippen LogP contribution in [0.3, 0.4) is 0 Å².